The molecule has 37 heavy (non-hydrogen) atoms. The summed E-state index contributed by atoms with van der Waals surface area (Å²) in [5, 5.41) is 3.36. The van der Waals surface area contributed by atoms with E-state index in [0.717, 1.165) is 16.9 Å². The van der Waals surface area contributed by atoms with Crippen LogP contribution in [0, 0.1) is 0 Å². The van der Waals surface area contributed by atoms with E-state index >= 15 is 0 Å². The van der Waals surface area contributed by atoms with Crippen LogP contribution in [-0.2, 0) is 33.8 Å². The van der Waals surface area contributed by atoms with Crippen molar-refractivity contribution < 1.29 is 19.1 Å². The average molecular weight is 514 g/mol. The Balaban J connectivity index is 1.39. The molecule has 4 rings (SSSR count). The summed E-state index contributed by atoms with van der Waals surface area (Å²) in [6.07, 6.45) is 0.227. The molecule has 0 aromatic heterocycles. The van der Waals surface area contributed by atoms with E-state index in [-0.39, 0.29) is 31.1 Å². The Morgan fingerprint density at radius 1 is 0.703 bits per heavy atom. The number of ketones is 1. The Labute approximate surface area is 222 Å². The standard InChI is InChI=1S/C31H28ClNO4/c32-28-14-8-7-11-25(28)20-31(35)33-29(22-36-21-24-9-3-1-4-10-24)30(34)19-23-15-17-27(18-16-23)37-26-12-5-2-6-13-26/h1-18,29H,19-22H2,(H,33,35). The number of benzene rings is 4. The molecule has 1 atom stereocenters. The van der Waals surface area contributed by atoms with Crippen LogP contribution >= 0.6 is 11.6 Å². The van der Waals surface area contributed by atoms with E-state index in [1.54, 1.807) is 12.1 Å². The van der Waals surface area contributed by atoms with Gasteiger partial charge in [0.25, 0.3) is 0 Å². The summed E-state index contributed by atoms with van der Waals surface area (Å²) in [7, 11) is 0. The van der Waals surface area contributed by atoms with Gasteiger partial charge >= 0.3 is 0 Å². The van der Waals surface area contributed by atoms with E-state index in [2.05, 4.69) is 5.32 Å². The molecule has 0 fully saturated rings. The lowest BCUT2D eigenvalue weighted by atomic mass is 10.0. The van der Waals surface area contributed by atoms with Crippen LogP contribution in [0.5, 0.6) is 11.5 Å². The highest BCUT2D eigenvalue weighted by Crippen LogP contribution is 2.21. The first-order valence-electron chi connectivity index (χ1n) is 12.1. The molecule has 4 aromatic carbocycles. The number of halogens is 1. The first-order chi connectivity index (χ1) is 18.1. The summed E-state index contributed by atoms with van der Waals surface area (Å²) >= 11 is 6.21. The molecule has 1 N–H and O–H groups in total. The molecule has 1 amide bonds. The number of para-hydroxylation sites is 1. The maximum absolute atomic E-state index is 13.2. The molecule has 0 bridgehead atoms. The monoisotopic (exact) mass is 513 g/mol. The van der Waals surface area contributed by atoms with Gasteiger partial charge in [-0.1, -0.05) is 90.5 Å². The van der Waals surface area contributed by atoms with E-state index in [4.69, 9.17) is 21.1 Å². The van der Waals surface area contributed by atoms with Crippen molar-refractivity contribution in [2.45, 2.75) is 25.5 Å². The summed E-state index contributed by atoms with van der Waals surface area (Å²) in [6.45, 7) is 0.410. The highest BCUT2D eigenvalue weighted by molar-refractivity contribution is 6.31. The molecule has 4 aromatic rings. The molecule has 0 aliphatic heterocycles. The fraction of sp³-hybridized carbons (Fsp3) is 0.161. The molecule has 1 unspecified atom stereocenters. The molecular weight excluding hydrogens is 486 g/mol. The van der Waals surface area contributed by atoms with E-state index in [1.165, 1.54) is 0 Å². The van der Waals surface area contributed by atoms with E-state index < -0.39 is 6.04 Å². The highest BCUT2D eigenvalue weighted by atomic mass is 35.5. The second-order valence-corrected chi connectivity index (χ2v) is 9.00. The summed E-state index contributed by atoms with van der Waals surface area (Å²) in [5.41, 5.74) is 2.51. The maximum Gasteiger partial charge on any atom is 0.225 e. The van der Waals surface area contributed by atoms with Gasteiger partial charge < -0.3 is 14.8 Å². The zero-order chi connectivity index (χ0) is 25.9. The maximum atomic E-state index is 13.2. The van der Waals surface area contributed by atoms with Gasteiger partial charge in [0.2, 0.25) is 5.91 Å². The molecule has 0 radical (unpaired) electrons. The number of nitrogens with one attached hydrogen (secondary N) is 1. The first-order valence-corrected chi connectivity index (χ1v) is 12.4. The molecule has 0 aliphatic rings. The minimum absolute atomic E-state index is 0.0667. The van der Waals surface area contributed by atoms with E-state index in [1.807, 2.05) is 97.1 Å². The van der Waals surface area contributed by atoms with Crippen LogP contribution in [-0.4, -0.2) is 24.3 Å². The molecule has 188 valence electrons. The molecule has 5 nitrogen and oxygen atoms in total. The van der Waals surface area contributed by atoms with Gasteiger partial charge in [0.15, 0.2) is 5.78 Å². The van der Waals surface area contributed by atoms with Crippen LogP contribution in [0.15, 0.2) is 109 Å². The van der Waals surface area contributed by atoms with Gasteiger partial charge in [0.1, 0.15) is 17.5 Å². The zero-order valence-corrected chi connectivity index (χ0v) is 21.1. The Morgan fingerprint density at radius 2 is 1.32 bits per heavy atom. The van der Waals surface area contributed by atoms with Crippen molar-refractivity contribution in [2.75, 3.05) is 6.61 Å². The third-order valence-corrected chi connectivity index (χ3v) is 6.08. The summed E-state index contributed by atoms with van der Waals surface area (Å²) in [6, 6.07) is 32.9. The molecule has 0 saturated carbocycles. The largest absolute Gasteiger partial charge is 0.457 e. The number of carbonyl (C=O) groups excluding carboxylic acids is 2. The number of rotatable bonds is 12. The average Bonchev–Trinajstić information content (AvgIpc) is 2.92. The smallest absolute Gasteiger partial charge is 0.225 e. The van der Waals surface area contributed by atoms with Gasteiger partial charge in [-0.3, -0.25) is 9.59 Å². The lowest BCUT2D eigenvalue weighted by molar-refractivity contribution is -0.128. The fourth-order valence-electron chi connectivity index (χ4n) is 3.77. The van der Waals surface area contributed by atoms with E-state index in [0.29, 0.717) is 22.9 Å². The quantitative estimate of drug-likeness (QED) is 0.245. The molecule has 0 heterocycles. The Bertz CT molecular complexity index is 1290. The van der Waals surface area contributed by atoms with Crippen molar-refractivity contribution in [3.8, 4) is 11.5 Å². The second-order valence-electron chi connectivity index (χ2n) is 8.59. The van der Waals surface area contributed by atoms with Crippen LogP contribution in [0.25, 0.3) is 0 Å². The van der Waals surface area contributed by atoms with Crippen molar-refractivity contribution in [1.29, 1.82) is 0 Å². The van der Waals surface area contributed by atoms with Gasteiger partial charge in [0, 0.05) is 11.4 Å². The molecule has 0 saturated heterocycles. The lowest BCUT2D eigenvalue weighted by Crippen LogP contribution is -2.45. The molecule has 0 spiro atoms. The Hall–Kier alpha value is -3.93. The number of ether oxygens (including phenoxy) is 2. The van der Waals surface area contributed by atoms with Gasteiger partial charge in [-0.25, -0.2) is 0 Å². The van der Waals surface area contributed by atoms with Crippen LogP contribution in [0.2, 0.25) is 5.02 Å². The number of amides is 1. The zero-order valence-electron chi connectivity index (χ0n) is 20.3. The molecular formula is C31H28ClNO4. The van der Waals surface area contributed by atoms with Crippen LogP contribution < -0.4 is 10.1 Å². The van der Waals surface area contributed by atoms with E-state index in [9.17, 15) is 9.59 Å². The van der Waals surface area contributed by atoms with Gasteiger partial charge in [0.05, 0.1) is 19.6 Å². The first kappa shape index (κ1) is 26.1. The SMILES string of the molecule is O=C(Cc1ccccc1Cl)NC(COCc1ccccc1)C(=O)Cc1ccc(Oc2ccccc2)cc1. The predicted octanol–water partition coefficient (Wildman–Crippen LogP) is 6.19. The van der Waals surface area contributed by atoms with Crippen molar-refractivity contribution in [3.63, 3.8) is 0 Å². The third-order valence-electron chi connectivity index (χ3n) is 5.71. The lowest BCUT2D eigenvalue weighted by Gasteiger charge is -2.18. The minimum Gasteiger partial charge on any atom is -0.457 e. The normalized spacial score (nSPS) is 11.5. The second kappa shape index (κ2) is 13.4. The van der Waals surface area contributed by atoms with Crippen molar-refractivity contribution in [2.24, 2.45) is 0 Å². The highest BCUT2D eigenvalue weighted by Gasteiger charge is 2.22. The Morgan fingerprint density at radius 3 is 2.03 bits per heavy atom. The summed E-state index contributed by atoms with van der Waals surface area (Å²) < 4.78 is 11.6. The van der Waals surface area contributed by atoms with Crippen LogP contribution in [0.1, 0.15) is 16.7 Å². The van der Waals surface area contributed by atoms with Crippen LogP contribution in [0.3, 0.4) is 0 Å². The number of hydrogen-bond donors (Lipinski definition) is 1. The Kier molecular flexibility index (Phi) is 9.47. The molecule has 6 heteroatoms. The predicted molar refractivity (Wildman–Crippen MR) is 145 cm³/mol. The third kappa shape index (κ3) is 8.31. The topological polar surface area (TPSA) is 64.6 Å². The number of hydrogen-bond acceptors (Lipinski definition) is 4. The number of carbonyl (C=O) groups is 2. The van der Waals surface area contributed by atoms with Gasteiger partial charge in [-0.2, -0.15) is 0 Å². The van der Waals surface area contributed by atoms with Crippen molar-refractivity contribution in [3.05, 3.63) is 131 Å². The van der Waals surface area contributed by atoms with Gasteiger partial charge in [-0.15, -0.1) is 0 Å². The van der Waals surface area contributed by atoms with Crippen molar-refractivity contribution in [1.82, 2.24) is 5.32 Å². The fourth-order valence-corrected chi connectivity index (χ4v) is 3.97. The summed E-state index contributed by atoms with van der Waals surface area (Å²) in [4.78, 5) is 26.0. The van der Waals surface area contributed by atoms with Gasteiger partial charge in [-0.05, 0) is 47.0 Å². The molecule has 0 aliphatic carbocycles. The number of Topliss-reactive ketones (excluding diaryl/α,β-unsaturated/α-hetero) is 1. The van der Waals surface area contributed by atoms with Crippen molar-refractivity contribution >= 4 is 23.3 Å². The summed E-state index contributed by atoms with van der Waals surface area (Å²) in [5.74, 6) is 0.986. The minimum atomic E-state index is -0.793. The van der Waals surface area contributed by atoms with Crippen LogP contribution in [0.4, 0.5) is 0 Å².